The molecular weight excluding hydrogens is 408 g/mol. The molecule has 3 nitrogen and oxygen atoms in total. The predicted molar refractivity (Wildman–Crippen MR) is 140 cm³/mol. The lowest BCUT2D eigenvalue weighted by Gasteiger charge is -2.34. The molecule has 3 heteroatoms. The van der Waals surface area contributed by atoms with Crippen LogP contribution in [0.5, 0.6) is 0 Å². The van der Waals surface area contributed by atoms with Gasteiger partial charge >= 0.3 is 0 Å². The zero-order valence-electron chi connectivity index (χ0n) is 21.1. The molecule has 0 saturated carbocycles. The van der Waals surface area contributed by atoms with Gasteiger partial charge < -0.3 is 5.11 Å². The topological polar surface area (TPSA) is 54.4 Å². The Morgan fingerprint density at radius 2 is 1.27 bits per heavy atom. The maximum Gasteiger partial charge on any atom is 0.187 e. The molecular formula is C30H38O3. The van der Waals surface area contributed by atoms with E-state index in [4.69, 9.17) is 0 Å². The van der Waals surface area contributed by atoms with Crippen LogP contribution in [-0.4, -0.2) is 23.3 Å². The SMILES string of the molecule is CC1=C(/C=C/C(C)=C/C=C/C(C)=C/C=C/C=C(C)/C=C/C=C(\C)C=O)C(C)(C)C[C@H](O)C1=O. The summed E-state index contributed by atoms with van der Waals surface area (Å²) < 4.78 is 0. The van der Waals surface area contributed by atoms with Crippen molar-refractivity contribution in [3.63, 3.8) is 0 Å². The van der Waals surface area contributed by atoms with E-state index in [1.54, 1.807) is 19.9 Å². The third-order valence-electron chi connectivity index (χ3n) is 5.47. The Morgan fingerprint density at radius 3 is 1.79 bits per heavy atom. The Kier molecular flexibility index (Phi) is 11.4. The quantitative estimate of drug-likeness (QED) is 0.239. The Bertz CT molecular complexity index is 999. The summed E-state index contributed by atoms with van der Waals surface area (Å²) in [5, 5.41) is 9.96. The van der Waals surface area contributed by atoms with Gasteiger partial charge in [0.05, 0.1) is 0 Å². The van der Waals surface area contributed by atoms with E-state index in [1.165, 1.54) is 0 Å². The van der Waals surface area contributed by atoms with Crippen LogP contribution in [0.4, 0.5) is 0 Å². The van der Waals surface area contributed by atoms with Crippen LogP contribution in [0.25, 0.3) is 0 Å². The van der Waals surface area contributed by atoms with E-state index in [9.17, 15) is 14.7 Å². The number of allylic oxidation sites excluding steroid dienone is 17. The molecule has 1 N–H and O–H groups in total. The van der Waals surface area contributed by atoms with E-state index in [1.807, 2.05) is 87.6 Å². The number of ketones is 1. The lowest BCUT2D eigenvalue weighted by Crippen LogP contribution is -2.35. The molecule has 0 saturated heterocycles. The maximum atomic E-state index is 12.1. The number of aldehydes is 1. The van der Waals surface area contributed by atoms with Crippen molar-refractivity contribution >= 4 is 12.1 Å². The molecule has 1 aliphatic carbocycles. The summed E-state index contributed by atoms with van der Waals surface area (Å²) in [7, 11) is 0. The number of carbonyl (C=O) groups excluding carboxylic acids is 2. The number of hydrogen-bond donors (Lipinski definition) is 1. The molecule has 0 amide bonds. The zero-order valence-corrected chi connectivity index (χ0v) is 21.1. The van der Waals surface area contributed by atoms with Gasteiger partial charge in [0.25, 0.3) is 0 Å². The third kappa shape index (κ3) is 9.97. The average Bonchev–Trinajstić information content (AvgIpc) is 2.74. The summed E-state index contributed by atoms with van der Waals surface area (Å²) in [5.41, 5.74) is 5.39. The van der Waals surface area contributed by atoms with Gasteiger partial charge in [-0.05, 0) is 63.2 Å². The van der Waals surface area contributed by atoms with Crippen LogP contribution < -0.4 is 0 Å². The predicted octanol–water partition coefficient (Wildman–Crippen LogP) is 6.87. The molecule has 0 radical (unpaired) electrons. The molecule has 0 heterocycles. The molecule has 0 unspecified atom stereocenters. The van der Waals surface area contributed by atoms with Crippen LogP contribution in [0.15, 0.2) is 106 Å². The van der Waals surface area contributed by atoms with Crippen molar-refractivity contribution in [2.75, 3.05) is 0 Å². The number of Topliss-reactive ketones (excluding diaryl/α,β-unsaturated/α-hetero) is 1. The third-order valence-corrected chi connectivity index (χ3v) is 5.47. The van der Waals surface area contributed by atoms with Crippen LogP contribution in [0, 0.1) is 5.41 Å². The average molecular weight is 447 g/mol. The van der Waals surface area contributed by atoms with Crippen molar-refractivity contribution in [2.45, 2.75) is 61.0 Å². The molecule has 176 valence electrons. The zero-order chi connectivity index (χ0) is 25.0. The fourth-order valence-electron chi connectivity index (χ4n) is 3.47. The summed E-state index contributed by atoms with van der Waals surface area (Å²) >= 11 is 0. The largest absolute Gasteiger partial charge is 0.385 e. The molecule has 33 heavy (non-hydrogen) atoms. The molecule has 0 aromatic heterocycles. The fraction of sp³-hybridized carbons (Fsp3) is 0.333. The summed E-state index contributed by atoms with van der Waals surface area (Å²) in [6.07, 6.45) is 24.1. The fourth-order valence-corrected chi connectivity index (χ4v) is 3.47. The summed E-state index contributed by atoms with van der Waals surface area (Å²) in [6, 6.07) is 0. The highest BCUT2D eigenvalue weighted by Gasteiger charge is 2.36. The van der Waals surface area contributed by atoms with E-state index >= 15 is 0 Å². The van der Waals surface area contributed by atoms with Crippen molar-refractivity contribution in [3.8, 4) is 0 Å². The molecule has 0 aromatic carbocycles. The highest BCUT2D eigenvalue weighted by Crippen LogP contribution is 2.39. The smallest absolute Gasteiger partial charge is 0.187 e. The first-order chi connectivity index (χ1) is 15.5. The first-order valence-electron chi connectivity index (χ1n) is 11.3. The van der Waals surface area contributed by atoms with E-state index in [0.29, 0.717) is 17.6 Å². The van der Waals surface area contributed by atoms with Crippen LogP contribution >= 0.6 is 0 Å². The van der Waals surface area contributed by atoms with Gasteiger partial charge in [-0.2, -0.15) is 0 Å². The van der Waals surface area contributed by atoms with Gasteiger partial charge in [-0.25, -0.2) is 0 Å². The second-order valence-electron chi connectivity index (χ2n) is 9.20. The highest BCUT2D eigenvalue weighted by molar-refractivity contribution is 6.00. The molecule has 1 atom stereocenters. The van der Waals surface area contributed by atoms with Crippen LogP contribution in [0.1, 0.15) is 54.9 Å². The summed E-state index contributed by atoms with van der Waals surface area (Å²) in [6.45, 7) is 13.8. The number of rotatable bonds is 9. The Balaban J connectivity index is 2.75. The van der Waals surface area contributed by atoms with E-state index in [0.717, 1.165) is 28.6 Å². The van der Waals surface area contributed by atoms with E-state index in [-0.39, 0.29) is 11.2 Å². The molecule has 1 aliphatic rings. The number of aliphatic hydroxyl groups is 1. The lowest BCUT2D eigenvalue weighted by atomic mass is 9.71. The summed E-state index contributed by atoms with van der Waals surface area (Å²) in [4.78, 5) is 22.7. The minimum absolute atomic E-state index is 0.171. The van der Waals surface area contributed by atoms with Gasteiger partial charge in [-0.1, -0.05) is 103 Å². The van der Waals surface area contributed by atoms with Gasteiger partial charge in [0, 0.05) is 0 Å². The minimum atomic E-state index is -0.897. The Hall–Kier alpha value is -3.04. The van der Waals surface area contributed by atoms with Crippen molar-refractivity contribution in [3.05, 3.63) is 106 Å². The van der Waals surface area contributed by atoms with Crippen molar-refractivity contribution < 1.29 is 14.7 Å². The van der Waals surface area contributed by atoms with Gasteiger partial charge in [-0.15, -0.1) is 0 Å². The van der Waals surface area contributed by atoms with E-state index in [2.05, 4.69) is 13.8 Å². The minimum Gasteiger partial charge on any atom is -0.385 e. The molecule has 0 aromatic rings. The summed E-state index contributed by atoms with van der Waals surface area (Å²) in [5.74, 6) is -0.171. The normalized spacial score (nSPS) is 21.5. The first kappa shape index (κ1) is 28.0. The molecule has 0 spiro atoms. The Morgan fingerprint density at radius 1 is 0.818 bits per heavy atom. The second-order valence-corrected chi connectivity index (χ2v) is 9.20. The van der Waals surface area contributed by atoms with Gasteiger partial charge in [-0.3, -0.25) is 9.59 Å². The lowest BCUT2D eigenvalue weighted by molar-refractivity contribution is -0.125. The first-order valence-corrected chi connectivity index (χ1v) is 11.3. The van der Waals surface area contributed by atoms with Crippen LogP contribution in [0.3, 0.4) is 0 Å². The molecule has 1 rings (SSSR count). The van der Waals surface area contributed by atoms with Crippen molar-refractivity contribution in [2.24, 2.45) is 5.41 Å². The molecule has 0 aliphatic heterocycles. The highest BCUT2D eigenvalue weighted by atomic mass is 16.3. The second kappa shape index (κ2) is 13.5. The molecule has 0 bridgehead atoms. The maximum absolute atomic E-state index is 12.1. The van der Waals surface area contributed by atoms with Gasteiger partial charge in [0.1, 0.15) is 12.4 Å². The standard InChI is InChI=1S/C30H38O3/c1-22(12-8-9-13-23(2)15-11-17-25(4)21-31)14-10-16-24(3)18-19-27-26(5)29(33)28(32)20-30(27,6)7/h8-19,21,28,32H,20H2,1-7H3/b9-8+,14-10+,15-11+,19-18+,22-12+,23-13+,24-16+,25-17+/t28-/m0/s1. The number of hydrogen-bond acceptors (Lipinski definition) is 3. The van der Waals surface area contributed by atoms with Crippen LogP contribution in [-0.2, 0) is 9.59 Å². The molecule has 0 fully saturated rings. The Labute approximate surface area is 199 Å². The van der Waals surface area contributed by atoms with Crippen molar-refractivity contribution in [1.29, 1.82) is 0 Å². The number of carbonyl (C=O) groups is 2. The number of aliphatic hydroxyl groups excluding tert-OH is 1. The van der Waals surface area contributed by atoms with Gasteiger partial charge in [0.15, 0.2) is 5.78 Å². The van der Waals surface area contributed by atoms with Gasteiger partial charge in [0.2, 0.25) is 0 Å². The van der Waals surface area contributed by atoms with Crippen molar-refractivity contribution in [1.82, 2.24) is 0 Å². The monoisotopic (exact) mass is 446 g/mol. The van der Waals surface area contributed by atoms with Crippen LogP contribution in [0.2, 0.25) is 0 Å². The van der Waals surface area contributed by atoms with E-state index < -0.39 is 6.10 Å².